The number of amides is 2. The van der Waals surface area contributed by atoms with Gasteiger partial charge in [-0.25, -0.2) is 0 Å². The van der Waals surface area contributed by atoms with Crippen LogP contribution in [0.5, 0.6) is 5.75 Å². The molecule has 6 heteroatoms. The molecule has 3 aromatic carbocycles. The van der Waals surface area contributed by atoms with Crippen molar-refractivity contribution in [2.45, 2.75) is 31.9 Å². The van der Waals surface area contributed by atoms with Gasteiger partial charge in [-0.15, -0.1) is 0 Å². The molecule has 1 saturated heterocycles. The van der Waals surface area contributed by atoms with E-state index >= 15 is 0 Å². The second-order valence-electron chi connectivity index (χ2n) is 8.35. The summed E-state index contributed by atoms with van der Waals surface area (Å²) in [4.78, 5) is 27.1. The molecule has 0 aromatic heterocycles. The molecule has 2 amide bonds. The average molecular weight is 459 g/mol. The molecular formula is C28H30N2O4. The summed E-state index contributed by atoms with van der Waals surface area (Å²) in [5, 5.41) is 2.95. The zero-order chi connectivity index (χ0) is 23.6. The number of benzene rings is 3. The largest absolute Gasteiger partial charge is 0.484 e. The number of ether oxygens (including phenoxy) is 2. The van der Waals surface area contributed by atoms with Gasteiger partial charge in [0.05, 0.1) is 19.1 Å². The Morgan fingerprint density at radius 1 is 0.912 bits per heavy atom. The first-order chi connectivity index (χ1) is 16.7. The van der Waals surface area contributed by atoms with E-state index in [4.69, 9.17) is 9.47 Å². The van der Waals surface area contributed by atoms with Crippen LogP contribution in [0.3, 0.4) is 0 Å². The molecule has 1 N–H and O–H groups in total. The normalized spacial score (nSPS) is 15.0. The van der Waals surface area contributed by atoms with Gasteiger partial charge in [-0.3, -0.25) is 9.59 Å². The van der Waals surface area contributed by atoms with Crippen LogP contribution in [0.25, 0.3) is 0 Å². The summed E-state index contributed by atoms with van der Waals surface area (Å²) < 4.78 is 11.3. The minimum Gasteiger partial charge on any atom is -0.484 e. The molecule has 1 aliphatic rings. The average Bonchev–Trinajstić information content (AvgIpc) is 3.40. The molecule has 1 unspecified atom stereocenters. The predicted octanol–water partition coefficient (Wildman–Crippen LogP) is 4.14. The lowest BCUT2D eigenvalue weighted by molar-refractivity contribution is -0.121. The Hall–Kier alpha value is -3.64. The van der Waals surface area contributed by atoms with Crippen molar-refractivity contribution in [3.63, 3.8) is 0 Å². The lowest BCUT2D eigenvalue weighted by Crippen LogP contribution is -2.34. The number of hydrogen-bond acceptors (Lipinski definition) is 4. The molecule has 0 spiro atoms. The van der Waals surface area contributed by atoms with E-state index in [1.807, 2.05) is 84.9 Å². The van der Waals surface area contributed by atoms with Crippen molar-refractivity contribution in [2.24, 2.45) is 0 Å². The van der Waals surface area contributed by atoms with Crippen molar-refractivity contribution >= 4 is 17.5 Å². The Labute approximate surface area is 200 Å². The topological polar surface area (TPSA) is 67.9 Å². The number of carbonyl (C=O) groups is 2. The van der Waals surface area contributed by atoms with Crippen LogP contribution in [-0.2, 0) is 27.3 Å². The summed E-state index contributed by atoms with van der Waals surface area (Å²) in [5.74, 6) is 0.478. The zero-order valence-corrected chi connectivity index (χ0v) is 19.2. The monoisotopic (exact) mass is 458 g/mol. The molecule has 176 valence electrons. The standard InChI is InChI=1S/C28H30N2O4/c31-27(29-19-26-12-7-17-33-26)18-22-13-15-24(16-14-22)30(20-23-8-3-1-4-9-23)28(32)21-34-25-10-5-2-6-11-25/h1-6,8-11,13-16,26H,7,12,17-21H2,(H,29,31). The third kappa shape index (κ3) is 6.93. The van der Waals surface area contributed by atoms with Crippen molar-refractivity contribution < 1.29 is 19.1 Å². The van der Waals surface area contributed by atoms with E-state index in [0.29, 0.717) is 18.8 Å². The fraction of sp³-hybridized carbons (Fsp3) is 0.286. The lowest BCUT2D eigenvalue weighted by atomic mass is 10.1. The van der Waals surface area contributed by atoms with Crippen molar-refractivity contribution in [3.8, 4) is 5.75 Å². The van der Waals surface area contributed by atoms with E-state index in [1.165, 1.54) is 0 Å². The molecule has 1 atom stereocenters. The van der Waals surface area contributed by atoms with E-state index in [1.54, 1.807) is 4.90 Å². The van der Waals surface area contributed by atoms with Crippen molar-refractivity contribution in [1.82, 2.24) is 5.32 Å². The van der Waals surface area contributed by atoms with E-state index in [2.05, 4.69) is 5.32 Å². The van der Waals surface area contributed by atoms with Gasteiger partial charge in [0.2, 0.25) is 5.91 Å². The summed E-state index contributed by atoms with van der Waals surface area (Å²) in [5.41, 5.74) is 2.67. The van der Waals surface area contributed by atoms with Gasteiger partial charge in [-0.05, 0) is 48.2 Å². The fourth-order valence-corrected chi connectivity index (χ4v) is 3.90. The highest BCUT2D eigenvalue weighted by Crippen LogP contribution is 2.20. The van der Waals surface area contributed by atoms with Crippen LogP contribution >= 0.6 is 0 Å². The quantitative estimate of drug-likeness (QED) is 0.496. The van der Waals surface area contributed by atoms with Gasteiger partial charge in [0.25, 0.3) is 5.91 Å². The van der Waals surface area contributed by atoms with Crippen LogP contribution in [0, 0.1) is 0 Å². The third-order valence-electron chi connectivity index (χ3n) is 5.75. The van der Waals surface area contributed by atoms with Crippen molar-refractivity contribution in [2.75, 3.05) is 24.7 Å². The van der Waals surface area contributed by atoms with E-state index in [0.717, 1.165) is 36.3 Å². The lowest BCUT2D eigenvalue weighted by Gasteiger charge is -2.23. The van der Waals surface area contributed by atoms with Gasteiger partial charge < -0.3 is 19.7 Å². The number of carbonyl (C=O) groups excluding carboxylic acids is 2. The Morgan fingerprint density at radius 3 is 2.29 bits per heavy atom. The molecule has 1 aliphatic heterocycles. The summed E-state index contributed by atoms with van der Waals surface area (Å²) in [6.45, 7) is 1.69. The summed E-state index contributed by atoms with van der Waals surface area (Å²) in [7, 11) is 0. The van der Waals surface area contributed by atoms with Gasteiger partial charge in [-0.2, -0.15) is 0 Å². The van der Waals surface area contributed by atoms with Crippen molar-refractivity contribution in [3.05, 3.63) is 96.1 Å². The van der Waals surface area contributed by atoms with Crippen LogP contribution in [0.4, 0.5) is 5.69 Å². The highest BCUT2D eigenvalue weighted by molar-refractivity contribution is 5.94. The minimum absolute atomic E-state index is 0.0308. The SMILES string of the molecule is O=C(Cc1ccc(N(Cc2ccccc2)C(=O)COc2ccccc2)cc1)NCC1CCCO1. The zero-order valence-electron chi connectivity index (χ0n) is 19.2. The number of nitrogens with zero attached hydrogens (tertiary/aromatic N) is 1. The van der Waals surface area contributed by atoms with Crippen LogP contribution in [0.15, 0.2) is 84.9 Å². The van der Waals surface area contributed by atoms with Crippen LogP contribution in [0.2, 0.25) is 0 Å². The van der Waals surface area contributed by atoms with Gasteiger partial charge in [0.1, 0.15) is 5.75 Å². The summed E-state index contributed by atoms with van der Waals surface area (Å²) in [6.07, 6.45) is 2.46. The van der Waals surface area contributed by atoms with E-state index in [9.17, 15) is 9.59 Å². The number of anilines is 1. The minimum atomic E-state index is -0.144. The molecule has 0 aliphatic carbocycles. The molecule has 1 heterocycles. The third-order valence-corrected chi connectivity index (χ3v) is 5.75. The molecule has 0 radical (unpaired) electrons. The number of hydrogen-bond donors (Lipinski definition) is 1. The Bertz CT molecular complexity index is 1050. The van der Waals surface area contributed by atoms with Crippen molar-refractivity contribution in [1.29, 1.82) is 0 Å². The Balaban J connectivity index is 1.40. The molecule has 4 rings (SSSR count). The molecule has 6 nitrogen and oxygen atoms in total. The van der Waals surface area contributed by atoms with Gasteiger partial charge >= 0.3 is 0 Å². The molecule has 0 bridgehead atoms. The fourth-order valence-electron chi connectivity index (χ4n) is 3.90. The molecule has 1 fully saturated rings. The van der Waals surface area contributed by atoms with Crippen LogP contribution < -0.4 is 15.0 Å². The second kappa shape index (κ2) is 12.0. The van der Waals surface area contributed by atoms with E-state index < -0.39 is 0 Å². The predicted molar refractivity (Wildman–Crippen MR) is 132 cm³/mol. The smallest absolute Gasteiger partial charge is 0.265 e. The van der Waals surface area contributed by atoms with Crippen LogP contribution in [-0.4, -0.2) is 37.7 Å². The van der Waals surface area contributed by atoms with Gasteiger partial charge in [0.15, 0.2) is 6.61 Å². The number of rotatable bonds is 10. The Morgan fingerprint density at radius 2 is 1.62 bits per heavy atom. The summed E-state index contributed by atoms with van der Waals surface area (Å²) >= 11 is 0. The molecular weight excluding hydrogens is 428 g/mol. The van der Waals surface area contributed by atoms with Gasteiger partial charge in [-0.1, -0.05) is 60.7 Å². The maximum atomic E-state index is 13.1. The van der Waals surface area contributed by atoms with Gasteiger partial charge in [0, 0.05) is 18.8 Å². The molecule has 0 saturated carbocycles. The first-order valence-electron chi connectivity index (χ1n) is 11.7. The summed E-state index contributed by atoms with van der Waals surface area (Å²) in [6, 6.07) is 26.7. The highest BCUT2D eigenvalue weighted by Gasteiger charge is 2.18. The van der Waals surface area contributed by atoms with E-state index in [-0.39, 0.29) is 30.9 Å². The van der Waals surface area contributed by atoms with Crippen LogP contribution in [0.1, 0.15) is 24.0 Å². The molecule has 3 aromatic rings. The number of nitrogens with one attached hydrogen (secondary N) is 1. The maximum Gasteiger partial charge on any atom is 0.265 e. The molecule has 34 heavy (non-hydrogen) atoms. The maximum absolute atomic E-state index is 13.1. The first kappa shape index (κ1) is 23.5. The Kier molecular flexibility index (Phi) is 8.30. The second-order valence-corrected chi connectivity index (χ2v) is 8.35. The number of para-hydroxylation sites is 1. The highest BCUT2D eigenvalue weighted by atomic mass is 16.5. The first-order valence-corrected chi connectivity index (χ1v) is 11.7.